The molecule has 0 aliphatic rings. The molecule has 31 heavy (non-hydrogen) atoms. The summed E-state index contributed by atoms with van der Waals surface area (Å²) in [4.78, 5) is 24.7. The lowest BCUT2D eigenvalue weighted by Gasteiger charge is -2.17. The summed E-state index contributed by atoms with van der Waals surface area (Å²) in [6, 6.07) is 14.0. The molecule has 0 fully saturated rings. The van der Waals surface area contributed by atoms with Crippen LogP contribution in [-0.2, 0) is 11.4 Å². The molecule has 162 valence electrons. The predicted molar refractivity (Wildman–Crippen MR) is 119 cm³/mol. The Morgan fingerprint density at radius 3 is 2.23 bits per heavy atom. The van der Waals surface area contributed by atoms with Crippen molar-refractivity contribution in [1.82, 2.24) is 5.16 Å². The Balaban J connectivity index is 1.61. The van der Waals surface area contributed by atoms with Crippen molar-refractivity contribution in [2.45, 2.75) is 41.2 Å². The summed E-state index contributed by atoms with van der Waals surface area (Å²) in [5.74, 6) is 0.966. The lowest BCUT2D eigenvalue weighted by Crippen LogP contribution is -2.27. The highest BCUT2D eigenvalue weighted by Crippen LogP contribution is 2.21. The normalized spacial score (nSPS) is 11.1. The summed E-state index contributed by atoms with van der Waals surface area (Å²) in [7, 11) is 0. The van der Waals surface area contributed by atoms with E-state index >= 15 is 0 Å². The number of ether oxygens (including phenoxy) is 1. The van der Waals surface area contributed by atoms with Gasteiger partial charge >= 0.3 is 0 Å². The molecule has 0 aliphatic heterocycles. The number of carbonyl (C=O) groups excluding carboxylic acids is 2. The lowest BCUT2D eigenvalue weighted by atomic mass is 9.95. The summed E-state index contributed by atoms with van der Waals surface area (Å²) in [6.07, 6.45) is 0. The molecule has 0 atom stereocenters. The summed E-state index contributed by atoms with van der Waals surface area (Å²) in [5, 5.41) is 9.62. The minimum Gasteiger partial charge on any atom is -0.489 e. The van der Waals surface area contributed by atoms with E-state index in [2.05, 4.69) is 15.8 Å². The molecule has 7 heteroatoms. The van der Waals surface area contributed by atoms with E-state index in [1.807, 2.05) is 34.6 Å². The van der Waals surface area contributed by atoms with E-state index in [1.165, 1.54) is 0 Å². The van der Waals surface area contributed by atoms with Gasteiger partial charge in [-0.15, -0.1) is 0 Å². The zero-order chi connectivity index (χ0) is 22.6. The third-order valence-electron chi connectivity index (χ3n) is 4.74. The molecule has 7 nitrogen and oxygen atoms in total. The number of hydrogen-bond donors (Lipinski definition) is 2. The van der Waals surface area contributed by atoms with Crippen molar-refractivity contribution in [3.05, 3.63) is 71.1 Å². The van der Waals surface area contributed by atoms with E-state index in [-0.39, 0.29) is 11.8 Å². The Labute approximate surface area is 181 Å². The molecule has 2 amide bonds. The molecule has 0 unspecified atom stereocenters. The fourth-order valence-electron chi connectivity index (χ4n) is 2.75. The number of amides is 2. The SMILES string of the molecule is Cc1noc(C)c1COc1cccc(C(=O)Nc2ccc(NC(=O)C(C)(C)C)cc2)c1. The first-order valence-electron chi connectivity index (χ1n) is 10.0. The number of anilines is 2. The second kappa shape index (κ2) is 9.04. The minimum atomic E-state index is -0.481. The van der Waals surface area contributed by atoms with Gasteiger partial charge in [-0.2, -0.15) is 0 Å². The number of benzene rings is 2. The Bertz CT molecular complexity index is 1060. The third kappa shape index (κ3) is 5.72. The number of carbonyl (C=O) groups is 2. The van der Waals surface area contributed by atoms with Gasteiger partial charge in [0.25, 0.3) is 5.91 Å². The van der Waals surface area contributed by atoms with Gasteiger partial charge in [-0.3, -0.25) is 9.59 Å². The van der Waals surface area contributed by atoms with Crippen molar-refractivity contribution in [2.24, 2.45) is 5.41 Å². The van der Waals surface area contributed by atoms with Gasteiger partial charge in [0.1, 0.15) is 18.1 Å². The molecule has 3 aromatic rings. The van der Waals surface area contributed by atoms with Crippen molar-refractivity contribution in [2.75, 3.05) is 10.6 Å². The van der Waals surface area contributed by atoms with E-state index in [0.717, 1.165) is 11.3 Å². The quantitative estimate of drug-likeness (QED) is 0.577. The number of aryl methyl sites for hydroxylation is 2. The molecule has 2 aromatic carbocycles. The maximum absolute atomic E-state index is 12.6. The van der Waals surface area contributed by atoms with Crippen molar-refractivity contribution in [3.63, 3.8) is 0 Å². The van der Waals surface area contributed by atoms with Crippen molar-refractivity contribution >= 4 is 23.2 Å². The number of aromatic nitrogens is 1. The standard InChI is InChI=1S/C24H27N3O4/c1-15-21(16(2)31-27-15)14-30-20-8-6-7-17(13-20)22(28)25-18-9-11-19(12-10-18)26-23(29)24(3,4)5/h6-13H,14H2,1-5H3,(H,25,28)(H,26,29). The molecule has 3 rings (SSSR count). The van der Waals surface area contributed by atoms with Crippen LogP contribution in [-0.4, -0.2) is 17.0 Å². The summed E-state index contributed by atoms with van der Waals surface area (Å²) in [6.45, 7) is 9.56. The molecular formula is C24H27N3O4. The summed E-state index contributed by atoms with van der Waals surface area (Å²) >= 11 is 0. The molecule has 0 spiro atoms. The minimum absolute atomic E-state index is 0.0716. The van der Waals surface area contributed by atoms with Crippen LogP contribution in [0.1, 0.15) is 48.1 Å². The molecule has 0 bridgehead atoms. The highest BCUT2D eigenvalue weighted by atomic mass is 16.5. The van der Waals surface area contributed by atoms with Crippen LogP contribution in [0.3, 0.4) is 0 Å². The molecule has 0 saturated carbocycles. The molecule has 0 saturated heterocycles. The van der Waals surface area contributed by atoms with Gasteiger partial charge in [0.15, 0.2) is 0 Å². The van der Waals surface area contributed by atoms with Crippen LogP contribution in [0.15, 0.2) is 53.1 Å². The fraction of sp³-hybridized carbons (Fsp3) is 0.292. The van der Waals surface area contributed by atoms with Crippen LogP contribution in [0.5, 0.6) is 5.75 Å². The number of rotatable bonds is 6. The Hall–Kier alpha value is -3.61. The fourth-order valence-corrected chi connectivity index (χ4v) is 2.75. The molecule has 2 N–H and O–H groups in total. The van der Waals surface area contributed by atoms with Gasteiger partial charge in [0.2, 0.25) is 5.91 Å². The van der Waals surface area contributed by atoms with Crippen LogP contribution in [0, 0.1) is 19.3 Å². The van der Waals surface area contributed by atoms with Crippen LogP contribution in [0.25, 0.3) is 0 Å². The average molecular weight is 421 g/mol. The van der Waals surface area contributed by atoms with E-state index in [9.17, 15) is 9.59 Å². The predicted octanol–water partition coefficient (Wildman–Crippen LogP) is 5.11. The first-order chi connectivity index (χ1) is 14.6. The molecule has 1 heterocycles. The van der Waals surface area contributed by atoms with Crippen LogP contribution < -0.4 is 15.4 Å². The Kier molecular flexibility index (Phi) is 6.44. The second-order valence-electron chi connectivity index (χ2n) is 8.35. The maximum Gasteiger partial charge on any atom is 0.255 e. The molecule has 1 aromatic heterocycles. The van der Waals surface area contributed by atoms with Gasteiger partial charge in [-0.1, -0.05) is 32.0 Å². The van der Waals surface area contributed by atoms with E-state index < -0.39 is 5.41 Å². The van der Waals surface area contributed by atoms with Crippen molar-refractivity contribution < 1.29 is 18.8 Å². The van der Waals surface area contributed by atoms with Crippen LogP contribution in [0.4, 0.5) is 11.4 Å². The van der Waals surface area contributed by atoms with Crippen LogP contribution in [0.2, 0.25) is 0 Å². The Morgan fingerprint density at radius 2 is 1.65 bits per heavy atom. The zero-order valence-electron chi connectivity index (χ0n) is 18.4. The number of nitrogens with one attached hydrogen (secondary N) is 2. The van der Waals surface area contributed by atoms with E-state index in [4.69, 9.17) is 9.26 Å². The zero-order valence-corrected chi connectivity index (χ0v) is 18.4. The van der Waals surface area contributed by atoms with Gasteiger partial charge in [-0.25, -0.2) is 0 Å². The summed E-state index contributed by atoms with van der Waals surface area (Å²) < 4.78 is 11.0. The topological polar surface area (TPSA) is 93.5 Å². The van der Waals surface area contributed by atoms with E-state index in [0.29, 0.717) is 35.1 Å². The lowest BCUT2D eigenvalue weighted by molar-refractivity contribution is -0.123. The second-order valence-corrected chi connectivity index (χ2v) is 8.35. The van der Waals surface area contributed by atoms with Crippen molar-refractivity contribution in [3.8, 4) is 5.75 Å². The number of hydrogen-bond acceptors (Lipinski definition) is 5. The Morgan fingerprint density at radius 1 is 1.00 bits per heavy atom. The van der Waals surface area contributed by atoms with Gasteiger partial charge in [0, 0.05) is 22.4 Å². The monoisotopic (exact) mass is 421 g/mol. The first kappa shape index (κ1) is 22.1. The highest BCUT2D eigenvalue weighted by Gasteiger charge is 2.21. The highest BCUT2D eigenvalue weighted by molar-refractivity contribution is 6.04. The first-order valence-corrected chi connectivity index (χ1v) is 10.0. The molecule has 0 radical (unpaired) electrons. The van der Waals surface area contributed by atoms with Crippen molar-refractivity contribution in [1.29, 1.82) is 0 Å². The van der Waals surface area contributed by atoms with Gasteiger partial charge in [0.05, 0.1) is 11.3 Å². The maximum atomic E-state index is 12.6. The number of nitrogens with zero attached hydrogens (tertiary/aromatic N) is 1. The largest absolute Gasteiger partial charge is 0.489 e. The third-order valence-corrected chi connectivity index (χ3v) is 4.74. The van der Waals surface area contributed by atoms with Gasteiger partial charge < -0.3 is 19.9 Å². The molecular weight excluding hydrogens is 394 g/mol. The smallest absolute Gasteiger partial charge is 0.255 e. The van der Waals surface area contributed by atoms with E-state index in [1.54, 1.807) is 48.5 Å². The van der Waals surface area contributed by atoms with Crippen LogP contribution >= 0.6 is 0 Å². The van der Waals surface area contributed by atoms with Gasteiger partial charge in [-0.05, 0) is 56.3 Å². The summed E-state index contributed by atoms with van der Waals surface area (Å²) in [5.41, 5.74) is 2.97. The molecule has 0 aliphatic carbocycles. The average Bonchev–Trinajstić information content (AvgIpc) is 3.05.